The largest absolute Gasteiger partial charge is 0.493 e. The van der Waals surface area contributed by atoms with Crippen molar-refractivity contribution < 1.29 is 14.3 Å². The molecule has 0 N–H and O–H groups in total. The number of nitrogens with zero attached hydrogens (tertiary/aromatic N) is 2. The van der Waals surface area contributed by atoms with Gasteiger partial charge in [-0.1, -0.05) is 18.2 Å². The molecule has 0 radical (unpaired) electrons. The van der Waals surface area contributed by atoms with Crippen LogP contribution in [0.15, 0.2) is 49.1 Å². The molecule has 5 nitrogen and oxygen atoms in total. The normalized spacial score (nSPS) is 10.6. The summed E-state index contributed by atoms with van der Waals surface area (Å²) in [6.07, 6.45) is 2.36. The van der Waals surface area contributed by atoms with Gasteiger partial charge in [0.2, 0.25) is 0 Å². The second-order valence-corrected chi connectivity index (χ2v) is 7.22. The molecule has 1 amide bonds. The minimum Gasteiger partial charge on any atom is -0.493 e. The summed E-state index contributed by atoms with van der Waals surface area (Å²) in [6, 6.07) is 11.5. The molecular weight excluding hydrogens is 360 g/mol. The van der Waals surface area contributed by atoms with Crippen molar-refractivity contribution in [3.05, 3.63) is 65.2 Å². The Morgan fingerprint density at radius 2 is 2.04 bits per heavy atom. The van der Waals surface area contributed by atoms with E-state index >= 15 is 0 Å². The van der Waals surface area contributed by atoms with Crippen LogP contribution in [0.2, 0.25) is 0 Å². The zero-order valence-corrected chi connectivity index (χ0v) is 16.5. The number of thiazole rings is 1. The highest BCUT2D eigenvalue weighted by Gasteiger charge is 2.19. The zero-order chi connectivity index (χ0) is 19.4. The van der Waals surface area contributed by atoms with Gasteiger partial charge in [-0.05, 0) is 30.7 Å². The quantitative estimate of drug-likeness (QED) is 0.571. The van der Waals surface area contributed by atoms with Crippen molar-refractivity contribution in [2.75, 3.05) is 21.3 Å². The van der Waals surface area contributed by atoms with E-state index in [-0.39, 0.29) is 5.91 Å². The fourth-order valence-electron chi connectivity index (χ4n) is 2.96. The van der Waals surface area contributed by atoms with Crippen molar-refractivity contribution in [1.29, 1.82) is 0 Å². The molecule has 6 heteroatoms. The Morgan fingerprint density at radius 3 is 2.70 bits per heavy atom. The van der Waals surface area contributed by atoms with Crippen LogP contribution in [0, 0.1) is 0 Å². The molecule has 1 aromatic heterocycles. The molecule has 27 heavy (non-hydrogen) atoms. The van der Waals surface area contributed by atoms with Gasteiger partial charge in [0.05, 0.1) is 31.0 Å². The summed E-state index contributed by atoms with van der Waals surface area (Å²) < 4.78 is 12.0. The molecule has 140 valence electrons. The first kappa shape index (κ1) is 18.9. The van der Waals surface area contributed by atoms with Gasteiger partial charge in [0.1, 0.15) is 5.01 Å². The van der Waals surface area contributed by atoms with Crippen molar-refractivity contribution in [1.82, 2.24) is 9.88 Å². The molecule has 0 fully saturated rings. The van der Waals surface area contributed by atoms with Crippen LogP contribution in [-0.2, 0) is 13.0 Å². The number of benzene rings is 2. The van der Waals surface area contributed by atoms with Gasteiger partial charge in [0.25, 0.3) is 5.91 Å². The Kier molecular flexibility index (Phi) is 5.76. The topological polar surface area (TPSA) is 51.7 Å². The van der Waals surface area contributed by atoms with Gasteiger partial charge in [-0.15, -0.1) is 17.9 Å². The molecule has 0 saturated heterocycles. The minimum atomic E-state index is -0.0967. The van der Waals surface area contributed by atoms with Crippen LogP contribution >= 0.6 is 11.3 Å². The lowest BCUT2D eigenvalue weighted by Gasteiger charge is -2.18. The molecular formula is C21H22N2O3S. The first-order chi connectivity index (χ1) is 13.1. The van der Waals surface area contributed by atoms with E-state index in [9.17, 15) is 4.79 Å². The van der Waals surface area contributed by atoms with Crippen molar-refractivity contribution >= 4 is 27.5 Å². The van der Waals surface area contributed by atoms with Crippen LogP contribution < -0.4 is 9.47 Å². The maximum Gasteiger partial charge on any atom is 0.254 e. The van der Waals surface area contributed by atoms with E-state index in [1.54, 1.807) is 49.6 Å². The molecule has 0 spiro atoms. The summed E-state index contributed by atoms with van der Waals surface area (Å²) in [6.45, 7) is 4.22. The predicted molar refractivity (Wildman–Crippen MR) is 109 cm³/mol. The summed E-state index contributed by atoms with van der Waals surface area (Å²) in [5.74, 6) is 1.07. The summed E-state index contributed by atoms with van der Waals surface area (Å²) in [7, 11) is 4.93. The van der Waals surface area contributed by atoms with Gasteiger partial charge in [0, 0.05) is 18.2 Å². The average molecular weight is 382 g/mol. The van der Waals surface area contributed by atoms with E-state index in [4.69, 9.17) is 9.47 Å². The Balaban J connectivity index is 1.87. The predicted octanol–water partition coefficient (Wildman–Crippen LogP) is 4.31. The van der Waals surface area contributed by atoms with E-state index in [2.05, 4.69) is 11.6 Å². The summed E-state index contributed by atoms with van der Waals surface area (Å²) in [5, 5.41) is 0.902. The molecule has 3 aromatic rings. The molecule has 0 aliphatic carbocycles. The highest BCUT2D eigenvalue weighted by Crippen LogP contribution is 2.33. The lowest BCUT2D eigenvalue weighted by molar-refractivity contribution is 0.0784. The monoisotopic (exact) mass is 382 g/mol. The number of hydrogen-bond donors (Lipinski definition) is 0. The SMILES string of the molecule is C=CCc1cc(C(=O)N(C)Cc2nc3ccccc3s2)cc(OC)c1OC. The van der Waals surface area contributed by atoms with Crippen molar-refractivity contribution in [3.8, 4) is 11.5 Å². The Bertz CT molecular complexity index is 948. The number of methoxy groups -OCH3 is 2. The number of hydrogen-bond acceptors (Lipinski definition) is 5. The Morgan fingerprint density at radius 1 is 1.26 bits per heavy atom. The second kappa shape index (κ2) is 8.22. The Hall–Kier alpha value is -2.86. The van der Waals surface area contributed by atoms with E-state index in [0.29, 0.717) is 30.0 Å². The first-order valence-electron chi connectivity index (χ1n) is 8.53. The number of rotatable bonds is 7. The molecule has 0 unspecified atom stereocenters. The molecule has 0 saturated carbocycles. The average Bonchev–Trinajstić information content (AvgIpc) is 3.09. The van der Waals surface area contributed by atoms with Crippen molar-refractivity contribution in [2.45, 2.75) is 13.0 Å². The zero-order valence-electron chi connectivity index (χ0n) is 15.7. The molecule has 1 heterocycles. The highest BCUT2D eigenvalue weighted by atomic mass is 32.1. The van der Waals surface area contributed by atoms with Crippen molar-refractivity contribution in [3.63, 3.8) is 0 Å². The number of allylic oxidation sites excluding steroid dienone is 1. The van der Waals surface area contributed by atoms with Crippen molar-refractivity contribution in [2.24, 2.45) is 0 Å². The van der Waals surface area contributed by atoms with E-state index in [0.717, 1.165) is 20.8 Å². The Labute approximate surface area is 162 Å². The van der Waals surface area contributed by atoms with Crippen LogP contribution in [0.4, 0.5) is 0 Å². The highest BCUT2D eigenvalue weighted by molar-refractivity contribution is 7.18. The minimum absolute atomic E-state index is 0.0967. The smallest absolute Gasteiger partial charge is 0.254 e. The van der Waals surface area contributed by atoms with Crippen LogP contribution in [0.25, 0.3) is 10.2 Å². The van der Waals surface area contributed by atoms with Crippen LogP contribution in [0.5, 0.6) is 11.5 Å². The second-order valence-electron chi connectivity index (χ2n) is 6.10. The first-order valence-corrected chi connectivity index (χ1v) is 9.34. The molecule has 2 aromatic carbocycles. The lowest BCUT2D eigenvalue weighted by atomic mass is 10.0. The maximum atomic E-state index is 13.0. The van der Waals surface area contributed by atoms with Crippen LogP contribution in [0.3, 0.4) is 0 Å². The summed E-state index contributed by atoms with van der Waals surface area (Å²) >= 11 is 1.60. The number of carbonyl (C=O) groups is 1. The number of ether oxygens (including phenoxy) is 2. The van der Waals surface area contributed by atoms with Gasteiger partial charge >= 0.3 is 0 Å². The van der Waals surface area contributed by atoms with Crippen LogP contribution in [0.1, 0.15) is 20.9 Å². The molecule has 0 bridgehead atoms. The number of carbonyl (C=O) groups excluding carboxylic acids is 1. The fourth-order valence-corrected chi connectivity index (χ4v) is 3.98. The number of para-hydroxylation sites is 1. The molecule has 3 rings (SSSR count). The number of amides is 1. The van der Waals surface area contributed by atoms with Crippen LogP contribution in [-0.4, -0.2) is 37.1 Å². The van der Waals surface area contributed by atoms with Gasteiger partial charge in [-0.3, -0.25) is 4.79 Å². The molecule has 0 atom stereocenters. The summed E-state index contributed by atoms with van der Waals surface area (Å²) in [5.41, 5.74) is 2.37. The van der Waals surface area contributed by atoms with Gasteiger partial charge in [-0.25, -0.2) is 4.98 Å². The number of aromatic nitrogens is 1. The fraction of sp³-hybridized carbons (Fsp3) is 0.238. The standard InChI is InChI=1S/C21H22N2O3S/c1-5-8-14-11-15(12-17(25-3)20(14)26-4)21(24)23(2)13-19-22-16-9-6-7-10-18(16)27-19/h5-7,9-12H,1,8,13H2,2-4H3. The third-order valence-electron chi connectivity index (χ3n) is 4.22. The van der Waals surface area contributed by atoms with Gasteiger partial charge in [-0.2, -0.15) is 0 Å². The maximum absolute atomic E-state index is 13.0. The van der Waals surface area contributed by atoms with Gasteiger partial charge in [0.15, 0.2) is 11.5 Å². The van der Waals surface area contributed by atoms with E-state index in [1.165, 1.54) is 0 Å². The summed E-state index contributed by atoms with van der Waals surface area (Å²) in [4.78, 5) is 19.2. The third kappa shape index (κ3) is 3.95. The third-order valence-corrected chi connectivity index (χ3v) is 5.25. The lowest BCUT2D eigenvalue weighted by Crippen LogP contribution is -2.26. The van der Waals surface area contributed by atoms with E-state index < -0.39 is 0 Å². The number of fused-ring (bicyclic) bond motifs is 1. The van der Waals surface area contributed by atoms with E-state index in [1.807, 2.05) is 30.3 Å². The molecule has 0 aliphatic rings. The van der Waals surface area contributed by atoms with Gasteiger partial charge < -0.3 is 14.4 Å². The molecule has 0 aliphatic heterocycles.